The van der Waals surface area contributed by atoms with E-state index in [2.05, 4.69) is 91.0 Å². The van der Waals surface area contributed by atoms with Crippen LogP contribution in [0.3, 0.4) is 0 Å². The van der Waals surface area contributed by atoms with Gasteiger partial charge in [0.25, 0.3) is 6.71 Å². The molecule has 4 aromatic carbocycles. The van der Waals surface area contributed by atoms with E-state index in [0.717, 1.165) is 11.5 Å². The third kappa shape index (κ3) is 2.28. The van der Waals surface area contributed by atoms with Crippen LogP contribution in [0.15, 0.2) is 101 Å². The van der Waals surface area contributed by atoms with Gasteiger partial charge in [-0.15, -0.1) is 0 Å². The van der Waals surface area contributed by atoms with E-state index in [1.54, 1.807) is 0 Å². The first-order chi connectivity index (χ1) is 13.4. The standard InChI is InChI=1S/C24H15BOS/c1-2-7-16(8-3-1)17-13-14-20-19(15-17)25-18-9-4-5-11-22(18)27-23-12-6-10-21(26-20)24(23)25/h1-15H. The molecule has 2 heterocycles. The number of hydrogen-bond donors (Lipinski definition) is 0. The lowest BCUT2D eigenvalue weighted by Gasteiger charge is -2.33. The summed E-state index contributed by atoms with van der Waals surface area (Å²) in [5.41, 5.74) is 6.40. The maximum Gasteiger partial charge on any atom is 0.253 e. The van der Waals surface area contributed by atoms with Crippen LogP contribution < -0.4 is 21.1 Å². The topological polar surface area (TPSA) is 9.23 Å². The Bertz CT molecular complexity index is 1170. The zero-order valence-corrected chi connectivity index (χ0v) is 15.4. The zero-order valence-electron chi connectivity index (χ0n) is 14.6. The van der Waals surface area contributed by atoms with Gasteiger partial charge in [0.05, 0.1) is 0 Å². The third-order valence-corrected chi connectivity index (χ3v) is 6.58. The molecule has 0 aromatic heterocycles. The molecule has 0 aliphatic carbocycles. The van der Waals surface area contributed by atoms with Crippen molar-refractivity contribution < 1.29 is 4.74 Å². The van der Waals surface area contributed by atoms with E-state index in [1.165, 1.54) is 37.3 Å². The molecule has 0 bridgehead atoms. The van der Waals surface area contributed by atoms with Crippen molar-refractivity contribution in [1.82, 2.24) is 0 Å². The summed E-state index contributed by atoms with van der Waals surface area (Å²) in [6.45, 7) is 0.223. The van der Waals surface area contributed by atoms with Gasteiger partial charge in [0, 0.05) is 9.79 Å². The fraction of sp³-hybridized carbons (Fsp3) is 0. The van der Waals surface area contributed by atoms with Gasteiger partial charge in [0.1, 0.15) is 11.5 Å². The van der Waals surface area contributed by atoms with E-state index in [9.17, 15) is 0 Å². The molecule has 0 unspecified atom stereocenters. The predicted molar refractivity (Wildman–Crippen MR) is 114 cm³/mol. The van der Waals surface area contributed by atoms with Crippen molar-refractivity contribution >= 4 is 34.9 Å². The molecule has 0 amide bonds. The van der Waals surface area contributed by atoms with Gasteiger partial charge >= 0.3 is 0 Å². The number of benzene rings is 4. The maximum atomic E-state index is 6.32. The van der Waals surface area contributed by atoms with Crippen LogP contribution in [0.4, 0.5) is 0 Å². The molecule has 4 aromatic rings. The Balaban J connectivity index is 1.62. The van der Waals surface area contributed by atoms with Crippen LogP contribution in [0.25, 0.3) is 11.1 Å². The summed E-state index contributed by atoms with van der Waals surface area (Å²) in [6.07, 6.45) is 0. The predicted octanol–water partition coefficient (Wildman–Crippen LogP) is 4.44. The van der Waals surface area contributed by atoms with E-state index in [-0.39, 0.29) is 6.71 Å². The fourth-order valence-corrected chi connectivity index (χ4v) is 5.35. The number of fused-ring (bicyclic) bond motifs is 4. The molecule has 0 spiro atoms. The molecule has 2 aliphatic rings. The second kappa shape index (κ2) is 5.80. The number of ether oxygens (including phenoxy) is 1. The maximum absolute atomic E-state index is 6.32. The minimum atomic E-state index is 0.223. The van der Waals surface area contributed by atoms with Gasteiger partial charge in [-0.1, -0.05) is 84.0 Å². The largest absolute Gasteiger partial charge is 0.458 e. The first-order valence-electron chi connectivity index (χ1n) is 9.15. The Morgan fingerprint density at radius 3 is 2.33 bits per heavy atom. The highest BCUT2D eigenvalue weighted by Gasteiger charge is 2.38. The van der Waals surface area contributed by atoms with E-state index in [1.807, 2.05) is 11.8 Å². The Morgan fingerprint density at radius 2 is 1.41 bits per heavy atom. The first kappa shape index (κ1) is 15.2. The van der Waals surface area contributed by atoms with Gasteiger partial charge in [-0.3, -0.25) is 0 Å². The molecule has 126 valence electrons. The van der Waals surface area contributed by atoms with Crippen LogP contribution in [-0.4, -0.2) is 6.71 Å². The molecule has 1 nitrogen and oxygen atoms in total. The van der Waals surface area contributed by atoms with Gasteiger partial charge in [0.15, 0.2) is 0 Å². The SMILES string of the molecule is c1ccc(-c2ccc3c(c2)B2c4ccccc4Sc4cccc(c42)O3)cc1. The van der Waals surface area contributed by atoms with Gasteiger partial charge in [-0.2, -0.15) is 0 Å². The normalized spacial score (nSPS) is 13.3. The van der Waals surface area contributed by atoms with E-state index in [0.29, 0.717) is 0 Å². The van der Waals surface area contributed by atoms with Crippen molar-refractivity contribution in [2.45, 2.75) is 9.79 Å². The lowest BCUT2D eigenvalue weighted by Crippen LogP contribution is -2.57. The molecule has 3 heteroatoms. The monoisotopic (exact) mass is 362 g/mol. The minimum Gasteiger partial charge on any atom is -0.458 e. The van der Waals surface area contributed by atoms with Crippen molar-refractivity contribution in [2.24, 2.45) is 0 Å². The Hall–Kier alpha value is -2.91. The number of rotatable bonds is 1. The summed E-state index contributed by atoms with van der Waals surface area (Å²) < 4.78 is 6.32. The van der Waals surface area contributed by atoms with Crippen LogP contribution in [0.1, 0.15) is 0 Å². The first-order valence-corrected chi connectivity index (χ1v) is 9.97. The summed E-state index contributed by atoms with van der Waals surface area (Å²) in [4.78, 5) is 2.64. The highest BCUT2D eigenvalue weighted by molar-refractivity contribution is 8.00. The molecule has 0 radical (unpaired) electrons. The highest BCUT2D eigenvalue weighted by Crippen LogP contribution is 2.37. The molecule has 2 aliphatic heterocycles. The summed E-state index contributed by atoms with van der Waals surface area (Å²) >= 11 is 1.84. The van der Waals surface area contributed by atoms with Gasteiger partial charge in [0.2, 0.25) is 0 Å². The van der Waals surface area contributed by atoms with Crippen molar-refractivity contribution in [1.29, 1.82) is 0 Å². The average molecular weight is 362 g/mol. The zero-order chi connectivity index (χ0) is 17.8. The average Bonchev–Trinajstić information content (AvgIpc) is 2.74. The molecular formula is C24H15BOS. The Kier molecular flexibility index (Phi) is 3.26. The van der Waals surface area contributed by atoms with E-state index >= 15 is 0 Å². The highest BCUT2D eigenvalue weighted by atomic mass is 32.2. The summed E-state index contributed by atoms with van der Waals surface area (Å²) in [6, 6.07) is 32.3. The van der Waals surface area contributed by atoms with Crippen LogP contribution in [0, 0.1) is 0 Å². The van der Waals surface area contributed by atoms with Gasteiger partial charge in [-0.05, 0) is 46.3 Å². The molecular weight excluding hydrogens is 347 g/mol. The molecule has 0 saturated heterocycles. The fourth-order valence-electron chi connectivity index (χ4n) is 4.19. The minimum absolute atomic E-state index is 0.223. The third-order valence-electron chi connectivity index (χ3n) is 5.41. The van der Waals surface area contributed by atoms with Crippen molar-refractivity contribution in [2.75, 3.05) is 0 Å². The summed E-state index contributed by atoms with van der Waals surface area (Å²) in [5.74, 6) is 1.95. The van der Waals surface area contributed by atoms with E-state index < -0.39 is 0 Å². The second-order valence-electron chi connectivity index (χ2n) is 6.96. The summed E-state index contributed by atoms with van der Waals surface area (Å²) in [7, 11) is 0. The summed E-state index contributed by atoms with van der Waals surface area (Å²) in [5, 5.41) is 0. The van der Waals surface area contributed by atoms with Crippen molar-refractivity contribution in [3.63, 3.8) is 0 Å². The molecule has 0 fully saturated rings. The molecule has 27 heavy (non-hydrogen) atoms. The Labute approximate surface area is 163 Å². The molecule has 0 N–H and O–H groups in total. The molecule has 6 rings (SSSR count). The van der Waals surface area contributed by atoms with E-state index in [4.69, 9.17) is 4.74 Å². The van der Waals surface area contributed by atoms with Gasteiger partial charge < -0.3 is 4.74 Å². The Morgan fingerprint density at radius 1 is 0.593 bits per heavy atom. The molecule has 0 atom stereocenters. The lowest BCUT2D eigenvalue weighted by atomic mass is 9.35. The lowest BCUT2D eigenvalue weighted by molar-refractivity contribution is 0.486. The van der Waals surface area contributed by atoms with Crippen molar-refractivity contribution in [3.05, 3.63) is 91.0 Å². The van der Waals surface area contributed by atoms with Crippen molar-refractivity contribution in [3.8, 4) is 22.6 Å². The van der Waals surface area contributed by atoms with Crippen LogP contribution >= 0.6 is 11.8 Å². The van der Waals surface area contributed by atoms with Crippen LogP contribution in [0.2, 0.25) is 0 Å². The van der Waals surface area contributed by atoms with Gasteiger partial charge in [-0.25, -0.2) is 0 Å². The second-order valence-corrected chi connectivity index (χ2v) is 8.05. The van der Waals surface area contributed by atoms with Crippen LogP contribution in [0.5, 0.6) is 11.5 Å². The quantitative estimate of drug-likeness (QED) is 0.400. The number of hydrogen-bond acceptors (Lipinski definition) is 2. The van der Waals surface area contributed by atoms with Crippen LogP contribution in [-0.2, 0) is 0 Å². The molecule has 0 saturated carbocycles. The smallest absolute Gasteiger partial charge is 0.253 e.